The molecule has 0 heterocycles. The summed E-state index contributed by atoms with van der Waals surface area (Å²) >= 11 is 0. The maximum Gasteiger partial charge on any atom is 1.00 e. The third-order valence-corrected chi connectivity index (χ3v) is 0.940. The van der Waals surface area contributed by atoms with E-state index in [4.69, 9.17) is 18.3 Å². The summed E-state index contributed by atoms with van der Waals surface area (Å²) in [5, 5.41) is 8.89. The molecule has 0 aliphatic carbocycles. The molecule has 1 rings (SSSR count). The Morgan fingerprint density at radius 2 is 1.41 bits per heavy atom. The van der Waals surface area contributed by atoms with Crippen LogP contribution in [0, 0.1) is 6.92 Å². The third kappa shape index (κ3) is 48.5. The van der Waals surface area contributed by atoms with Crippen molar-refractivity contribution in [2.24, 2.45) is 0 Å². The maximum absolute atomic E-state index is 9.16. The molecule has 0 fully saturated rings. The van der Waals surface area contributed by atoms with Crippen LogP contribution in [0.4, 0.5) is 0 Å². The predicted octanol–water partition coefficient (Wildman–Crippen LogP) is -1.54. The zero-order valence-electron chi connectivity index (χ0n) is 9.68. The number of rotatable bonds is 0. The first-order valence-electron chi connectivity index (χ1n) is 3.96. The Bertz CT molecular complexity index is 383. The van der Waals surface area contributed by atoms with E-state index in [1.807, 2.05) is 18.2 Å². The molecule has 0 saturated heterocycles. The molecular formula is C9H11Cl2NaO4S. The first-order valence-corrected chi connectivity index (χ1v) is 7.10. The van der Waals surface area contributed by atoms with Gasteiger partial charge in [0.05, 0.1) is 0 Å². The van der Waals surface area contributed by atoms with Crippen molar-refractivity contribution in [3.8, 4) is 0 Å². The standard InChI is InChI=1S/C7H8.C2H4O2.Cl2O2S.Na/c1-7-5-3-2-4-6-7;1-2(3)4;1-5(2,3)4;/h2-6H,1H3;1H3,(H,3,4);;/q;;;+1/p-1. The van der Waals surface area contributed by atoms with Gasteiger partial charge in [0.15, 0.2) is 0 Å². The van der Waals surface area contributed by atoms with Crippen molar-refractivity contribution in [1.82, 2.24) is 0 Å². The fraction of sp³-hybridized carbons (Fsp3) is 0.222. The molecule has 0 aliphatic rings. The molecule has 0 amide bonds. The van der Waals surface area contributed by atoms with Crippen LogP contribution in [-0.2, 0) is 13.1 Å². The largest absolute Gasteiger partial charge is 1.00 e. The van der Waals surface area contributed by atoms with E-state index >= 15 is 0 Å². The van der Waals surface area contributed by atoms with Crippen molar-refractivity contribution < 1.29 is 47.9 Å². The number of carboxylic acids is 1. The van der Waals surface area contributed by atoms with Crippen LogP contribution in [0.5, 0.6) is 0 Å². The van der Waals surface area contributed by atoms with Crippen LogP contribution in [0.3, 0.4) is 0 Å². The average molecular weight is 309 g/mol. The summed E-state index contributed by atoms with van der Waals surface area (Å²) in [4.78, 5) is 8.89. The van der Waals surface area contributed by atoms with E-state index in [9.17, 15) is 0 Å². The van der Waals surface area contributed by atoms with Crippen molar-refractivity contribution in [3.05, 3.63) is 35.9 Å². The molecule has 17 heavy (non-hydrogen) atoms. The molecule has 0 atom stereocenters. The van der Waals surface area contributed by atoms with Gasteiger partial charge in [-0.15, -0.1) is 0 Å². The number of aryl methyl sites for hydroxylation is 1. The van der Waals surface area contributed by atoms with Crippen molar-refractivity contribution in [2.45, 2.75) is 13.8 Å². The van der Waals surface area contributed by atoms with Crippen LogP contribution in [0.25, 0.3) is 0 Å². The van der Waals surface area contributed by atoms with E-state index in [1.165, 1.54) is 5.56 Å². The zero-order valence-corrected chi connectivity index (χ0v) is 14.0. The van der Waals surface area contributed by atoms with Gasteiger partial charge in [0.1, 0.15) is 0 Å². The second kappa shape index (κ2) is 12.7. The van der Waals surface area contributed by atoms with Gasteiger partial charge in [0.25, 0.3) is 0 Å². The molecule has 0 aromatic heterocycles. The molecular weight excluding hydrogens is 298 g/mol. The summed E-state index contributed by atoms with van der Waals surface area (Å²) in [6.07, 6.45) is 0. The number of carbonyl (C=O) groups excluding carboxylic acids is 1. The normalized spacial score (nSPS) is 8.47. The number of carboxylic acid groups (broad SMARTS) is 1. The Kier molecular flexibility index (Phi) is 16.7. The summed E-state index contributed by atoms with van der Waals surface area (Å²) in [5.41, 5.74) is 1.32. The Hall–Kier alpha value is 0.220. The molecule has 0 unspecified atom stereocenters. The van der Waals surface area contributed by atoms with Gasteiger partial charge in [0, 0.05) is 27.3 Å². The minimum absolute atomic E-state index is 0. The molecule has 1 aromatic carbocycles. The zero-order chi connectivity index (χ0) is 13.2. The molecule has 0 bridgehead atoms. The summed E-state index contributed by atoms with van der Waals surface area (Å²) in [6, 6.07) is 10.3. The van der Waals surface area contributed by atoms with Crippen molar-refractivity contribution in [2.75, 3.05) is 0 Å². The molecule has 0 N–H and O–H groups in total. The van der Waals surface area contributed by atoms with E-state index in [0.29, 0.717) is 0 Å². The Morgan fingerprint density at radius 3 is 1.53 bits per heavy atom. The monoisotopic (exact) mass is 308 g/mol. The van der Waals surface area contributed by atoms with Gasteiger partial charge >= 0.3 is 37.8 Å². The molecule has 0 aliphatic heterocycles. The summed E-state index contributed by atoms with van der Waals surface area (Å²) < 4.78 is 18.3. The van der Waals surface area contributed by atoms with Gasteiger partial charge in [-0.1, -0.05) is 35.9 Å². The van der Waals surface area contributed by atoms with Gasteiger partial charge < -0.3 is 9.90 Å². The second-order valence-electron chi connectivity index (χ2n) is 2.52. The molecule has 4 nitrogen and oxygen atoms in total. The number of hydrogen-bond acceptors (Lipinski definition) is 4. The van der Waals surface area contributed by atoms with E-state index in [0.717, 1.165) is 6.92 Å². The predicted molar refractivity (Wildman–Crippen MR) is 62.5 cm³/mol. The van der Waals surface area contributed by atoms with E-state index in [-0.39, 0.29) is 29.6 Å². The van der Waals surface area contributed by atoms with Crippen molar-refractivity contribution in [1.29, 1.82) is 0 Å². The number of hydrogen-bond donors (Lipinski definition) is 0. The fourth-order valence-electron chi connectivity index (χ4n) is 0.534. The molecule has 92 valence electrons. The van der Waals surface area contributed by atoms with Gasteiger partial charge in [-0.05, 0) is 13.8 Å². The van der Waals surface area contributed by atoms with Crippen LogP contribution in [-0.4, -0.2) is 14.4 Å². The number of benzene rings is 1. The molecule has 0 spiro atoms. The van der Waals surface area contributed by atoms with Crippen LogP contribution in [0.2, 0.25) is 0 Å². The van der Waals surface area contributed by atoms with Gasteiger partial charge in [-0.3, -0.25) is 0 Å². The molecule has 8 heteroatoms. The van der Waals surface area contributed by atoms with Crippen LogP contribution >= 0.6 is 21.4 Å². The van der Waals surface area contributed by atoms with Crippen molar-refractivity contribution in [3.63, 3.8) is 0 Å². The van der Waals surface area contributed by atoms with E-state index < -0.39 is 14.2 Å². The summed E-state index contributed by atoms with van der Waals surface area (Å²) in [7, 11) is 4.81. The van der Waals surface area contributed by atoms with Gasteiger partial charge in [-0.2, -0.15) is 8.42 Å². The summed E-state index contributed by atoms with van der Waals surface area (Å²) in [5.74, 6) is -1.08. The first kappa shape index (κ1) is 22.4. The maximum atomic E-state index is 9.16. The number of aliphatic carboxylic acids is 1. The Balaban J connectivity index is -0.000000177. The second-order valence-corrected chi connectivity index (χ2v) is 6.19. The number of carbonyl (C=O) groups is 1. The van der Waals surface area contributed by atoms with E-state index in [2.05, 4.69) is 40.4 Å². The van der Waals surface area contributed by atoms with Crippen molar-refractivity contribution >= 4 is 35.6 Å². The van der Waals surface area contributed by atoms with Crippen LogP contribution in [0.1, 0.15) is 12.5 Å². The van der Waals surface area contributed by atoms with Crippen LogP contribution < -0.4 is 34.7 Å². The fourth-order valence-corrected chi connectivity index (χ4v) is 0.534. The quantitative estimate of drug-likeness (QED) is 0.430. The summed E-state index contributed by atoms with van der Waals surface area (Å²) in [6.45, 7) is 3.06. The minimum atomic E-state index is -3.72. The van der Waals surface area contributed by atoms with Gasteiger partial charge in [-0.25, -0.2) is 0 Å². The Labute approximate surface area is 132 Å². The van der Waals surface area contributed by atoms with E-state index in [1.54, 1.807) is 0 Å². The molecule has 0 radical (unpaired) electrons. The van der Waals surface area contributed by atoms with Gasteiger partial charge in [0.2, 0.25) is 0 Å². The Morgan fingerprint density at radius 1 is 1.18 bits per heavy atom. The smallest absolute Gasteiger partial charge is 0.550 e. The minimum Gasteiger partial charge on any atom is -0.550 e. The molecule has 1 aromatic rings. The van der Waals surface area contributed by atoms with Crippen LogP contribution in [0.15, 0.2) is 30.3 Å². The topological polar surface area (TPSA) is 74.3 Å². The molecule has 0 saturated carbocycles. The first-order chi connectivity index (χ1) is 7.13. The number of halogens is 2. The average Bonchev–Trinajstić information content (AvgIpc) is 2.00. The third-order valence-electron chi connectivity index (χ3n) is 0.940. The SMILES string of the molecule is CC(=O)[O-].Cc1ccccc1.O=S(=O)(Cl)Cl.[Na+].